The quantitative estimate of drug-likeness (QED) is 0.498. The summed E-state index contributed by atoms with van der Waals surface area (Å²) in [5.74, 6) is -0.146. The third-order valence-electron chi connectivity index (χ3n) is 4.33. The molecule has 0 saturated carbocycles. The van der Waals surface area contributed by atoms with Crippen molar-refractivity contribution in [1.82, 2.24) is 0 Å². The van der Waals surface area contributed by atoms with Gasteiger partial charge in [-0.3, -0.25) is 9.59 Å². The number of hydrogen-bond donors (Lipinski definition) is 1. The van der Waals surface area contributed by atoms with E-state index in [-0.39, 0.29) is 11.6 Å². The van der Waals surface area contributed by atoms with E-state index in [1.165, 1.54) is 16.2 Å². The zero-order valence-electron chi connectivity index (χ0n) is 15.5. The van der Waals surface area contributed by atoms with E-state index in [0.29, 0.717) is 23.6 Å². The highest BCUT2D eigenvalue weighted by Gasteiger charge is 2.40. The highest BCUT2D eigenvalue weighted by atomic mass is 79.9. The van der Waals surface area contributed by atoms with Crippen molar-refractivity contribution in [2.75, 3.05) is 16.8 Å². The topological polar surface area (TPSA) is 58.6 Å². The molecule has 0 fully saturated rings. The molecule has 29 heavy (non-hydrogen) atoms. The lowest BCUT2D eigenvalue weighted by molar-refractivity contribution is -0.120. The summed E-state index contributed by atoms with van der Waals surface area (Å²) in [7, 11) is 0. The molecule has 1 N–H and O–H groups in total. The van der Waals surface area contributed by atoms with E-state index in [9.17, 15) is 9.59 Å². The predicted octanol–water partition coefficient (Wildman–Crippen LogP) is 5.31. The third-order valence-corrected chi connectivity index (χ3v) is 5.71. The summed E-state index contributed by atoms with van der Waals surface area (Å²) >= 11 is 4.85. The van der Waals surface area contributed by atoms with Crippen LogP contribution in [0.2, 0.25) is 0 Å². The number of rotatable bonds is 6. The molecule has 146 valence electrons. The van der Waals surface area contributed by atoms with Crippen LogP contribution in [-0.4, -0.2) is 18.4 Å². The van der Waals surface area contributed by atoms with E-state index in [1.807, 2.05) is 48.7 Å². The van der Waals surface area contributed by atoms with Gasteiger partial charge in [0.25, 0.3) is 11.8 Å². The zero-order chi connectivity index (χ0) is 20.4. The smallest absolute Gasteiger partial charge is 0.282 e. The number of anilines is 2. The molecular formula is C22H17BrN2O3S. The first-order chi connectivity index (χ1) is 14.1. The maximum absolute atomic E-state index is 13.3. The summed E-state index contributed by atoms with van der Waals surface area (Å²) in [5, 5.41) is 5.04. The summed E-state index contributed by atoms with van der Waals surface area (Å²) in [5.41, 5.74) is 1.82. The van der Waals surface area contributed by atoms with Gasteiger partial charge in [-0.05, 0) is 48.7 Å². The van der Waals surface area contributed by atoms with Crippen LogP contribution in [-0.2, 0) is 9.59 Å². The van der Waals surface area contributed by atoms with Gasteiger partial charge < -0.3 is 10.1 Å². The van der Waals surface area contributed by atoms with Gasteiger partial charge in [0.05, 0.1) is 17.9 Å². The summed E-state index contributed by atoms with van der Waals surface area (Å²) in [4.78, 5) is 28.6. The number of thiophene rings is 1. The number of carbonyl (C=O) groups excluding carboxylic acids is 2. The Morgan fingerprint density at radius 1 is 1.03 bits per heavy atom. The van der Waals surface area contributed by atoms with Gasteiger partial charge in [0.2, 0.25) is 0 Å². The van der Waals surface area contributed by atoms with Gasteiger partial charge in [-0.15, -0.1) is 11.3 Å². The van der Waals surface area contributed by atoms with Crippen molar-refractivity contribution in [3.8, 4) is 5.75 Å². The lowest BCUT2D eigenvalue weighted by Crippen LogP contribution is -2.32. The minimum absolute atomic E-state index is 0.261. The van der Waals surface area contributed by atoms with Crippen LogP contribution >= 0.6 is 27.3 Å². The Morgan fingerprint density at radius 3 is 2.59 bits per heavy atom. The van der Waals surface area contributed by atoms with Crippen LogP contribution in [0.4, 0.5) is 11.4 Å². The molecule has 2 aromatic carbocycles. The van der Waals surface area contributed by atoms with Gasteiger partial charge in [-0.25, -0.2) is 4.90 Å². The second-order valence-electron chi connectivity index (χ2n) is 6.24. The van der Waals surface area contributed by atoms with E-state index in [4.69, 9.17) is 4.74 Å². The predicted molar refractivity (Wildman–Crippen MR) is 119 cm³/mol. The van der Waals surface area contributed by atoms with Crippen LogP contribution in [0.3, 0.4) is 0 Å². The van der Waals surface area contributed by atoms with Gasteiger partial charge >= 0.3 is 0 Å². The molecular weight excluding hydrogens is 452 g/mol. The first kappa shape index (κ1) is 19.4. The SMILES string of the molecule is CCOc1cccc(N2C(=O)C(Nc3cccc(Br)c3)=C(c3cccs3)C2=O)c1. The molecule has 1 aliphatic rings. The lowest BCUT2D eigenvalue weighted by atomic mass is 10.2. The molecule has 3 aromatic rings. The normalized spacial score (nSPS) is 13.9. The highest BCUT2D eigenvalue weighted by molar-refractivity contribution is 9.10. The first-order valence-electron chi connectivity index (χ1n) is 9.01. The fraction of sp³-hybridized carbons (Fsp3) is 0.0909. The van der Waals surface area contributed by atoms with Crippen molar-refractivity contribution >= 4 is 56.0 Å². The molecule has 7 heteroatoms. The first-order valence-corrected chi connectivity index (χ1v) is 10.7. The summed E-state index contributed by atoms with van der Waals surface area (Å²) in [6.45, 7) is 2.38. The minimum atomic E-state index is -0.396. The van der Waals surface area contributed by atoms with E-state index in [0.717, 1.165) is 15.0 Å². The van der Waals surface area contributed by atoms with Gasteiger partial charge in [0.1, 0.15) is 11.4 Å². The number of nitrogens with zero attached hydrogens (tertiary/aromatic N) is 1. The Balaban J connectivity index is 1.77. The van der Waals surface area contributed by atoms with Crippen molar-refractivity contribution in [1.29, 1.82) is 0 Å². The number of benzene rings is 2. The highest BCUT2D eigenvalue weighted by Crippen LogP contribution is 2.36. The fourth-order valence-corrected chi connectivity index (χ4v) is 4.29. The standard InChI is InChI=1S/C22H17BrN2O3S/c1-2-28-17-9-4-8-16(13-17)25-21(26)19(18-10-5-11-29-18)20(22(25)27)24-15-7-3-6-14(23)12-15/h3-13,24H,2H2,1H3. The average Bonchev–Trinajstić information content (AvgIpc) is 3.29. The Hall–Kier alpha value is -2.90. The van der Waals surface area contributed by atoms with Crippen molar-refractivity contribution in [3.63, 3.8) is 0 Å². The van der Waals surface area contributed by atoms with Crippen LogP contribution in [0, 0.1) is 0 Å². The van der Waals surface area contributed by atoms with Crippen molar-refractivity contribution in [2.45, 2.75) is 6.92 Å². The average molecular weight is 469 g/mol. The number of carbonyl (C=O) groups is 2. The molecule has 1 aromatic heterocycles. The van der Waals surface area contributed by atoms with E-state index < -0.39 is 5.91 Å². The van der Waals surface area contributed by atoms with Crippen LogP contribution in [0.15, 0.2) is 76.2 Å². The summed E-state index contributed by atoms with van der Waals surface area (Å²) < 4.78 is 6.40. The van der Waals surface area contributed by atoms with Gasteiger partial charge in [-0.1, -0.05) is 34.1 Å². The Bertz CT molecular complexity index is 1110. The van der Waals surface area contributed by atoms with Gasteiger partial charge in [-0.2, -0.15) is 0 Å². The van der Waals surface area contributed by atoms with Crippen LogP contribution in [0.1, 0.15) is 11.8 Å². The molecule has 1 aliphatic heterocycles. The monoisotopic (exact) mass is 468 g/mol. The Labute approximate surface area is 180 Å². The van der Waals surface area contributed by atoms with Crippen molar-refractivity contribution in [2.24, 2.45) is 0 Å². The molecule has 0 bridgehead atoms. The fourth-order valence-electron chi connectivity index (χ4n) is 3.12. The van der Waals surface area contributed by atoms with E-state index >= 15 is 0 Å². The number of halogens is 1. The number of amides is 2. The second kappa shape index (κ2) is 8.23. The maximum Gasteiger partial charge on any atom is 0.282 e. The molecule has 0 saturated heterocycles. The molecule has 2 heterocycles. The van der Waals surface area contributed by atoms with Crippen molar-refractivity contribution < 1.29 is 14.3 Å². The summed E-state index contributed by atoms with van der Waals surface area (Å²) in [6.07, 6.45) is 0. The molecule has 4 rings (SSSR count). The zero-order valence-corrected chi connectivity index (χ0v) is 17.9. The number of nitrogens with one attached hydrogen (secondary N) is 1. The van der Waals surface area contributed by atoms with Crippen LogP contribution in [0.5, 0.6) is 5.75 Å². The van der Waals surface area contributed by atoms with E-state index in [2.05, 4.69) is 21.2 Å². The number of imide groups is 1. The molecule has 5 nitrogen and oxygen atoms in total. The molecule has 0 radical (unpaired) electrons. The van der Waals surface area contributed by atoms with E-state index in [1.54, 1.807) is 24.3 Å². The molecule has 2 amide bonds. The van der Waals surface area contributed by atoms with Crippen LogP contribution in [0.25, 0.3) is 5.57 Å². The second-order valence-corrected chi connectivity index (χ2v) is 8.10. The van der Waals surface area contributed by atoms with Crippen LogP contribution < -0.4 is 15.0 Å². The van der Waals surface area contributed by atoms with Crippen molar-refractivity contribution in [3.05, 3.63) is 81.1 Å². The number of ether oxygens (including phenoxy) is 1. The minimum Gasteiger partial charge on any atom is -0.494 e. The third kappa shape index (κ3) is 3.83. The molecule has 0 spiro atoms. The Kier molecular flexibility index (Phi) is 5.51. The summed E-state index contributed by atoms with van der Waals surface area (Å²) in [6, 6.07) is 18.2. The number of hydrogen-bond acceptors (Lipinski definition) is 5. The largest absolute Gasteiger partial charge is 0.494 e. The van der Waals surface area contributed by atoms with Gasteiger partial charge in [0, 0.05) is 21.1 Å². The maximum atomic E-state index is 13.3. The molecule has 0 aliphatic carbocycles. The molecule has 0 unspecified atom stereocenters. The molecule has 0 atom stereocenters. The van der Waals surface area contributed by atoms with Gasteiger partial charge in [0.15, 0.2) is 0 Å². The Morgan fingerprint density at radius 2 is 1.86 bits per heavy atom. The lowest BCUT2D eigenvalue weighted by Gasteiger charge is -2.16.